The molecule has 0 bridgehead atoms. The van der Waals surface area contributed by atoms with Crippen LogP contribution in [0.15, 0.2) is 73.3 Å². The molecule has 2 aromatic carbocycles. The molecule has 0 saturated heterocycles. The summed E-state index contributed by atoms with van der Waals surface area (Å²) in [6.07, 6.45) is 5.89. The molecule has 0 aliphatic carbocycles. The SMILES string of the molecule is C=C/C(=C\C=C(/C)c1cccc(N)c1)c1ccccc1N. The molecule has 0 saturated carbocycles. The second kappa shape index (κ2) is 6.62. The van der Waals surface area contributed by atoms with Crippen LogP contribution in [-0.4, -0.2) is 0 Å². The van der Waals surface area contributed by atoms with E-state index in [1.165, 1.54) is 0 Å². The highest BCUT2D eigenvalue weighted by Gasteiger charge is 2.01. The maximum atomic E-state index is 6.01. The molecule has 0 unspecified atom stereocenters. The van der Waals surface area contributed by atoms with E-state index in [2.05, 4.69) is 19.6 Å². The Morgan fingerprint density at radius 3 is 2.43 bits per heavy atom. The third-order valence-corrected chi connectivity index (χ3v) is 3.35. The van der Waals surface area contributed by atoms with Crippen LogP contribution in [0.1, 0.15) is 18.1 Å². The van der Waals surface area contributed by atoms with Crippen molar-refractivity contribution in [1.82, 2.24) is 0 Å². The predicted molar refractivity (Wildman–Crippen MR) is 93.5 cm³/mol. The van der Waals surface area contributed by atoms with Gasteiger partial charge < -0.3 is 11.5 Å². The minimum Gasteiger partial charge on any atom is -0.399 e. The van der Waals surface area contributed by atoms with Crippen molar-refractivity contribution in [3.63, 3.8) is 0 Å². The standard InChI is InChI=1S/C19H20N2/c1-3-15(18-9-4-5-10-19(18)21)12-11-14(2)16-7-6-8-17(20)13-16/h3-13H,1,20-21H2,2H3/b14-11+,15-12+. The van der Waals surface area contributed by atoms with Crippen molar-refractivity contribution in [3.05, 3.63) is 84.5 Å². The minimum atomic E-state index is 0.749. The monoisotopic (exact) mass is 276 g/mol. The Kier molecular flexibility index (Phi) is 4.62. The van der Waals surface area contributed by atoms with Gasteiger partial charge in [0.05, 0.1) is 0 Å². The van der Waals surface area contributed by atoms with Crippen LogP contribution in [0.2, 0.25) is 0 Å². The molecule has 4 N–H and O–H groups in total. The Hall–Kier alpha value is -2.74. The number of rotatable bonds is 4. The fourth-order valence-electron chi connectivity index (χ4n) is 2.12. The van der Waals surface area contributed by atoms with Gasteiger partial charge in [0.15, 0.2) is 0 Å². The van der Waals surface area contributed by atoms with E-state index < -0.39 is 0 Å². The molecule has 2 nitrogen and oxygen atoms in total. The second-order valence-electron chi connectivity index (χ2n) is 4.89. The van der Waals surface area contributed by atoms with Gasteiger partial charge in [0, 0.05) is 16.9 Å². The Morgan fingerprint density at radius 2 is 1.76 bits per heavy atom. The zero-order valence-electron chi connectivity index (χ0n) is 12.2. The van der Waals surface area contributed by atoms with Gasteiger partial charge in [-0.25, -0.2) is 0 Å². The van der Waals surface area contributed by atoms with Crippen molar-refractivity contribution in [2.45, 2.75) is 6.92 Å². The fourth-order valence-corrected chi connectivity index (χ4v) is 2.12. The summed E-state index contributed by atoms with van der Waals surface area (Å²) < 4.78 is 0. The number of benzene rings is 2. The zero-order chi connectivity index (χ0) is 15.2. The van der Waals surface area contributed by atoms with Gasteiger partial charge in [-0.15, -0.1) is 0 Å². The maximum Gasteiger partial charge on any atom is 0.0393 e. The number of anilines is 2. The Balaban J connectivity index is 2.35. The molecule has 21 heavy (non-hydrogen) atoms. The lowest BCUT2D eigenvalue weighted by atomic mass is 10.0. The van der Waals surface area contributed by atoms with Gasteiger partial charge in [-0.2, -0.15) is 0 Å². The van der Waals surface area contributed by atoms with Gasteiger partial charge in [0.1, 0.15) is 0 Å². The molecule has 0 amide bonds. The average Bonchev–Trinajstić information content (AvgIpc) is 2.49. The fraction of sp³-hybridized carbons (Fsp3) is 0.0526. The number of hydrogen-bond acceptors (Lipinski definition) is 2. The van der Waals surface area contributed by atoms with Gasteiger partial charge >= 0.3 is 0 Å². The van der Waals surface area contributed by atoms with Gasteiger partial charge in [-0.1, -0.05) is 55.1 Å². The topological polar surface area (TPSA) is 52.0 Å². The molecule has 2 aromatic rings. The van der Waals surface area contributed by atoms with Crippen LogP contribution in [0.5, 0.6) is 0 Å². The van der Waals surface area contributed by atoms with Crippen molar-refractivity contribution in [3.8, 4) is 0 Å². The van der Waals surface area contributed by atoms with Gasteiger partial charge in [-0.05, 0) is 41.8 Å². The highest BCUT2D eigenvalue weighted by molar-refractivity contribution is 5.83. The summed E-state index contributed by atoms with van der Waals surface area (Å²) in [4.78, 5) is 0. The van der Waals surface area contributed by atoms with Gasteiger partial charge in [0.2, 0.25) is 0 Å². The van der Waals surface area contributed by atoms with Crippen molar-refractivity contribution in [2.24, 2.45) is 0 Å². The molecule has 0 radical (unpaired) electrons. The number of nitrogens with two attached hydrogens (primary N) is 2. The lowest BCUT2D eigenvalue weighted by molar-refractivity contribution is 1.56. The molecule has 2 heteroatoms. The molecular weight excluding hydrogens is 256 g/mol. The number of nitrogen functional groups attached to an aromatic ring is 2. The smallest absolute Gasteiger partial charge is 0.0393 e. The summed E-state index contributed by atoms with van der Waals surface area (Å²) in [5.74, 6) is 0. The van der Waals surface area contributed by atoms with E-state index in [-0.39, 0.29) is 0 Å². The van der Waals surface area contributed by atoms with E-state index in [1.807, 2.05) is 60.7 Å². The van der Waals surface area contributed by atoms with Crippen molar-refractivity contribution in [1.29, 1.82) is 0 Å². The van der Waals surface area contributed by atoms with Crippen LogP contribution in [0.25, 0.3) is 11.1 Å². The molecule has 0 atom stereocenters. The van der Waals surface area contributed by atoms with Crippen LogP contribution < -0.4 is 11.5 Å². The summed E-state index contributed by atoms with van der Waals surface area (Å²) in [7, 11) is 0. The van der Waals surface area contributed by atoms with Crippen molar-refractivity contribution in [2.75, 3.05) is 11.5 Å². The third kappa shape index (κ3) is 3.63. The minimum absolute atomic E-state index is 0.749. The Labute approximate surface area is 126 Å². The van der Waals surface area contributed by atoms with E-state index in [1.54, 1.807) is 0 Å². The van der Waals surface area contributed by atoms with E-state index in [4.69, 9.17) is 11.5 Å². The maximum absolute atomic E-state index is 6.01. The zero-order valence-corrected chi connectivity index (χ0v) is 12.2. The summed E-state index contributed by atoms with van der Waals surface area (Å²) in [5, 5.41) is 0. The van der Waals surface area contributed by atoms with Gasteiger partial charge in [0.25, 0.3) is 0 Å². The van der Waals surface area contributed by atoms with E-state index in [0.29, 0.717) is 0 Å². The molecule has 0 fully saturated rings. The first kappa shape index (κ1) is 14.7. The van der Waals surface area contributed by atoms with E-state index in [9.17, 15) is 0 Å². The van der Waals surface area contributed by atoms with E-state index in [0.717, 1.165) is 33.6 Å². The third-order valence-electron chi connectivity index (χ3n) is 3.35. The van der Waals surface area contributed by atoms with Crippen LogP contribution in [0, 0.1) is 0 Å². The quantitative estimate of drug-likeness (QED) is 0.637. The van der Waals surface area contributed by atoms with Gasteiger partial charge in [-0.3, -0.25) is 0 Å². The molecule has 0 aromatic heterocycles. The largest absolute Gasteiger partial charge is 0.399 e. The Morgan fingerprint density at radius 1 is 1.00 bits per heavy atom. The molecular formula is C19H20N2. The summed E-state index contributed by atoms with van der Waals surface area (Å²) >= 11 is 0. The van der Waals surface area contributed by atoms with Crippen LogP contribution in [-0.2, 0) is 0 Å². The lowest BCUT2D eigenvalue weighted by Gasteiger charge is -2.06. The highest BCUT2D eigenvalue weighted by atomic mass is 14.6. The first-order chi connectivity index (χ1) is 10.1. The second-order valence-corrected chi connectivity index (χ2v) is 4.89. The average molecular weight is 276 g/mol. The summed E-state index contributed by atoms with van der Waals surface area (Å²) in [6, 6.07) is 15.6. The molecule has 0 spiro atoms. The Bertz CT molecular complexity index is 709. The normalized spacial score (nSPS) is 12.2. The number of allylic oxidation sites excluding steroid dienone is 5. The molecule has 2 rings (SSSR count). The number of hydrogen-bond donors (Lipinski definition) is 2. The van der Waals surface area contributed by atoms with Crippen molar-refractivity contribution < 1.29 is 0 Å². The predicted octanol–water partition coefficient (Wildman–Crippen LogP) is 4.52. The molecule has 0 aliphatic rings. The summed E-state index contributed by atoms with van der Waals surface area (Å²) in [5.41, 5.74) is 17.6. The van der Waals surface area contributed by atoms with E-state index >= 15 is 0 Å². The van der Waals surface area contributed by atoms with Crippen LogP contribution >= 0.6 is 0 Å². The molecule has 0 heterocycles. The van der Waals surface area contributed by atoms with Crippen LogP contribution in [0.4, 0.5) is 11.4 Å². The first-order valence-corrected chi connectivity index (χ1v) is 6.83. The highest BCUT2D eigenvalue weighted by Crippen LogP contribution is 2.23. The lowest BCUT2D eigenvalue weighted by Crippen LogP contribution is -1.91. The molecule has 106 valence electrons. The number of para-hydroxylation sites is 1. The van der Waals surface area contributed by atoms with Crippen molar-refractivity contribution >= 4 is 22.5 Å². The van der Waals surface area contributed by atoms with Crippen LogP contribution in [0.3, 0.4) is 0 Å². The summed E-state index contributed by atoms with van der Waals surface area (Å²) in [6.45, 7) is 5.93. The first-order valence-electron chi connectivity index (χ1n) is 6.83. The molecule has 0 aliphatic heterocycles.